The first kappa shape index (κ1) is 39.1. The highest BCUT2D eigenvalue weighted by Crippen LogP contribution is 2.68. The molecule has 2 fully saturated rings. The van der Waals surface area contributed by atoms with Crippen LogP contribution in [0.15, 0.2) is 95.3 Å². The summed E-state index contributed by atoms with van der Waals surface area (Å²) in [5.41, 5.74) is 12.1. The maximum atomic E-state index is 6.49. The first-order valence-electron chi connectivity index (χ1n) is 20.9. The maximum Gasteiger partial charge on any atom is 0.126 e. The minimum absolute atomic E-state index is 0.00197. The Labute approximate surface area is 320 Å². The predicted octanol–water partition coefficient (Wildman–Crippen LogP) is 14.5. The summed E-state index contributed by atoms with van der Waals surface area (Å²) in [6, 6.07) is 22.9. The fourth-order valence-corrected chi connectivity index (χ4v) is 18.6. The molecule has 0 saturated heterocycles. The third-order valence-electron chi connectivity index (χ3n) is 13.9. The van der Waals surface area contributed by atoms with E-state index in [1.165, 1.54) is 48.0 Å². The van der Waals surface area contributed by atoms with Crippen LogP contribution in [0.4, 0.5) is 0 Å². The lowest BCUT2D eigenvalue weighted by Crippen LogP contribution is -2.47. The fraction of sp³-hybridized carbons (Fsp3) is 0.600. The lowest BCUT2D eigenvalue weighted by Gasteiger charge is -2.48. The molecule has 0 amide bonds. The second-order valence-electron chi connectivity index (χ2n) is 20.9. The van der Waals surface area contributed by atoms with Gasteiger partial charge < -0.3 is 4.74 Å². The van der Waals surface area contributed by atoms with Gasteiger partial charge in [-0.25, -0.2) is 0 Å². The molecule has 0 aromatic heterocycles. The SMILES string of the molecule is COC1=C(c2ccccc2)C2CC(CC(C)C)C([Si](C)(C)C3C(CC(C)C)CC4C(c5ccccc5)=C(C)C(C(C)(C)C)=CC43)C2C=C1C(C)(C)C. The number of benzene rings is 2. The molecule has 0 spiro atoms. The number of hydrogen-bond acceptors (Lipinski definition) is 1. The summed E-state index contributed by atoms with van der Waals surface area (Å²) in [4.78, 5) is 0. The number of ether oxygens (including phenoxy) is 1. The molecule has 2 heteroatoms. The van der Waals surface area contributed by atoms with E-state index in [2.05, 4.69) is 162 Å². The Morgan fingerprint density at radius 2 is 1.04 bits per heavy atom. The zero-order chi connectivity index (χ0) is 37.9. The van der Waals surface area contributed by atoms with Crippen LogP contribution < -0.4 is 0 Å². The van der Waals surface area contributed by atoms with E-state index in [4.69, 9.17) is 4.74 Å². The Kier molecular flexibility index (Phi) is 11.0. The fourth-order valence-electron chi connectivity index (χ4n) is 12.5. The summed E-state index contributed by atoms with van der Waals surface area (Å²) in [7, 11) is -0.0586. The minimum atomic E-state index is -1.98. The van der Waals surface area contributed by atoms with Crippen LogP contribution in [0.25, 0.3) is 11.1 Å². The third kappa shape index (κ3) is 7.16. The molecular weight excluding hydrogens is 645 g/mol. The molecule has 4 aliphatic carbocycles. The van der Waals surface area contributed by atoms with Crippen molar-refractivity contribution < 1.29 is 4.74 Å². The minimum Gasteiger partial charge on any atom is -0.496 e. The Morgan fingerprint density at radius 1 is 0.635 bits per heavy atom. The van der Waals surface area contributed by atoms with Gasteiger partial charge in [0, 0.05) is 5.57 Å². The first-order chi connectivity index (χ1) is 24.4. The summed E-state index contributed by atoms with van der Waals surface area (Å²) in [5.74, 6) is 6.28. The molecule has 6 rings (SSSR count). The number of rotatable bonds is 9. The van der Waals surface area contributed by atoms with Gasteiger partial charge in [-0.1, -0.05) is 155 Å². The highest BCUT2D eigenvalue weighted by molar-refractivity contribution is 6.80. The lowest BCUT2D eigenvalue weighted by atomic mass is 9.69. The molecule has 282 valence electrons. The smallest absolute Gasteiger partial charge is 0.126 e. The van der Waals surface area contributed by atoms with Crippen molar-refractivity contribution in [2.24, 2.45) is 58.2 Å². The van der Waals surface area contributed by atoms with Gasteiger partial charge in [-0.15, -0.1) is 0 Å². The van der Waals surface area contributed by atoms with Gasteiger partial charge in [-0.05, 0) is 135 Å². The Balaban J connectivity index is 1.55. The number of allylic oxidation sites excluding steroid dienone is 7. The molecule has 0 heterocycles. The van der Waals surface area contributed by atoms with Crippen LogP contribution in [0, 0.1) is 58.2 Å². The Morgan fingerprint density at radius 3 is 1.44 bits per heavy atom. The molecule has 2 saturated carbocycles. The highest BCUT2D eigenvalue weighted by atomic mass is 28.3. The van der Waals surface area contributed by atoms with Gasteiger partial charge >= 0.3 is 0 Å². The van der Waals surface area contributed by atoms with Crippen molar-refractivity contribution in [1.29, 1.82) is 0 Å². The summed E-state index contributed by atoms with van der Waals surface area (Å²) in [6.07, 6.45) is 10.9. The van der Waals surface area contributed by atoms with Gasteiger partial charge in [0.05, 0.1) is 15.2 Å². The van der Waals surface area contributed by atoms with Gasteiger partial charge in [0.25, 0.3) is 0 Å². The molecule has 0 aliphatic heterocycles. The van der Waals surface area contributed by atoms with Gasteiger partial charge in [0.2, 0.25) is 0 Å². The largest absolute Gasteiger partial charge is 0.496 e. The van der Waals surface area contributed by atoms with Crippen molar-refractivity contribution in [1.82, 2.24) is 0 Å². The Hall–Kier alpha value is -2.58. The summed E-state index contributed by atoms with van der Waals surface area (Å²) < 4.78 is 6.49. The van der Waals surface area contributed by atoms with Crippen LogP contribution in [0.5, 0.6) is 0 Å². The molecule has 1 nitrogen and oxygen atoms in total. The van der Waals surface area contributed by atoms with Crippen molar-refractivity contribution >= 4 is 19.2 Å². The van der Waals surface area contributed by atoms with Crippen LogP contribution in [0.1, 0.15) is 113 Å². The number of methoxy groups -OCH3 is 1. The molecule has 8 atom stereocenters. The van der Waals surface area contributed by atoms with Crippen molar-refractivity contribution in [2.75, 3.05) is 7.11 Å². The normalized spacial score (nSPS) is 29.8. The van der Waals surface area contributed by atoms with E-state index >= 15 is 0 Å². The molecule has 2 aromatic carbocycles. The van der Waals surface area contributed by atoms with Crippen LogP contribution in [-0.2, 0) is 4.74 Å². The van der Waals surface area contributed by atoms with E-state index in [1.54, 1.807) is 16.7 Å². The number of fused-ring (bicyclic) bond motifs is 2. The van der Waals surface area contributed by atoms with Crippen LogP contribution in [0.3, 0.4) is 0 Å². The summed E-state index contributed by atoms with van der Waals surface area (Å²) in [6.45, 7) is 32.7. The van der Waals surface area contributed by atoms with Crippen molar-refractivity contribution in [3.05, 3.63) is 106 Å². The summed E-state index contributed by atoms with van der Waals surface area (Å²) in [5, 5.41) is 0. The number of hydrogen-bond donors (Lipinski definition) is 0. The molecule has 0 N–H and O–H groups in total. The van der Waals surface area contributed by atoms with Crippen molar-refractivity contribution in [2.45, 2.75) is 126 Å². The second kappa shape index (κ2) is 14.6. The molecule has 0 bridgehead atoms. The molecule has 8 unspecified atom stereocenters. The van der Waals surface area contributed by atoms with E-state index < -0.39 is 8.07 Å². The average Bonchev–Trinajstić information content (AvgIpc) is 3.60. The molecule has 0 radical (unpaired) electrons. The molecule has 52 heavy (non-hydrogen) atoms. The van der Waals surface area contributed by atoms with Gasteiger partial charge in [0.15, 0.2) is 0 Å². The zero-order valence-corrected chi connectivity index (χ0v) is 36.4. The maximum absolute atomic E-state index is 6.49. The highest BCUT2D eigenvalue weighted by Gasteiger charge is 2.60. The summed E-state index contributed by atoms with van der Waals surface area (Å²) >= 11 is 0. The topological polar surface area (TPSA) is 9.23 Å². The monoisotopic (exact) mass is 717 g/mol. The van der Waals surface area contributed by atoms with E-state index in [-0.39, 0.29) is 10.8 Å². The van der Waals surface area contributed by atoms with Gasteiger partial charge in [-0.3, -0.25) is 0 Å². The zero-order valence-electron chi connectivity index (χ0n) is 35.4. The van der Waals surface area contributed by atoms with Gasteiger partial charge in [-0.2, -0.15) is 0 Å². The van der Waals surface area contributed by atoms with Crippen molar-refractivity contribution in [3.8, 4) is 0 Å². The third-order valence-corrected chi connectivity index (χ3v) is 19.1. The molecule has 2 aromatic rings. The van der Waals surface area contributed by atoms with Crippen LogP contribution in [0.2, 0.25) is 24.2 Å². The van der Waals surface area contributed by atoms with Crippen molar-refractivity contribution in [3.63, 3.8) is 0 Å². The van der Waals surface area contributed by atoms with E-state index in [9.17, 15) is 0 Å². The molecule has 4 aliphatic rings. The molecular formula is C50H72OSi. The van der Waals surface area contributed by atoms with E-state index in [0.717, 1.165) is 28.7 Å². The average molecular weight is 717 g/mol. The van der Waals surface area contributed by atoms with Crippen LogP contribution >= 0.6 is 0 Å². The Bertz CT molecular complexity index is 1700. The second-order valence-corrected chi connectivity index (χ2v) is 25.8. The van der Waals surface area contributed by atoms with Crippen LogP contribution in [-0.4, -0.2) is 15.2 Å². The predicted molar refractivity (Wildman–Crippen MR) is 229 cm³/mol. The quantitative estimate of drug-likeness (QED) is 0.235. The van der Waals surface area contributed by atoms with E-state index in [0.29, 0.717) is 35.5 Å². The first-order valence-corrected chi connectivity index (χ1v) is 24.1. The lowest BCUT2D eigenvalue weighted by molar-refractivity contribution is 0.274. The van der Waals surface area contributed by atoms with E-state index in [1.807, 2.05) is 7.11 Å². The standard InChI is InChI=1S/C50H72OSi/c1-31(2)25-36-27-38-40(29-42(49(6,7)8)33(5)44(38)34-21-17-15-18-22-34)47(36)52(13,14)48-37(26-32(3)4)28-39-41(48)30-43(50(9,10)11)46(51-12)45(39)35-23-19-16-20-24-35/h15-24,29-32,36-41,47-48H,25-28H2,1-14H3. The van der Waals surface area contributed by atoms with Gasteiger partial charge in [0.1, 0.15) is 5.76 Å².